The molecule has 3 aromatic rings. The van der Waals surface area contributed by atoms with Gasteiger partial charge in [0.05, 0.1) is 18.9 Å². The van der Waals surface area contributed by atoms with Crippen molar-refractivity contribution < 1.29 is 23.8 Å². The van der Waals surface area contributed by atoms with Crippen LogP contribution in [-0.2, 0) is 11.3 Å². The van der Waals surface area contributed by atoms with Gasteiger partial charge in [0, 0.05) is 30.6 Å². The summed E-state index contributed by atoms with van der Waals surface area (Å²) >= 11 is 0. The van der Waals surface area contributed by atoms with E-state index in [1.807, 2.05) is 31.2 Å². The number of likely N-dealkylation sites (tertiary alicyclic amines) is 1. The molecule has 2 heterocycles. The molecule has 2 N–H and O–H groups in total. The van der Waals surface area contributed by atoms with Gasteiger partial charge in [-0.2, -0.15) is 0 Å². The summed E-state index contributed by atoms with van der Waals surface area (Å²) in [6, 6.07) is 13.6. The molecule has 0 unspecified atom stereocenters. The van der Waals surface area contributed by atoms with E-state index in [-0.39, 0.29) is 24.8 Å². The molecule has 2 atom stereocenters. The van der Waals surface area contributed by atoms with Crippen molar-refractivity contribution in [3.8, 4) is 17.1 Å². The van der Waals surface area contributed by atoms with E-state index in [2.05, 4.69) is 10.3 Å². The van der Waals surface area contributed by atoms with Crippen molar-refractivity contribution in [2.24, 2.45) is 0 Å². The largest absolute Gasteiger partial charge is 0.494 e. The van der Waals surface area contributed by atoms with Crippen molar-refractivity contribution in [2.45, 2.75) is 32.0 Å². The lowest BCUT2D eigenvalue weighted by atomic mass is 10.1. The molecule has 0 aliphatic carbocycles. The van der Waals surface area contributed by atoms with Crippen molar-refractivity contribution in [1.82, 2.24) is 15.2 Å². The van der Waals surface area contributed by atoms with Gasteiger partial charge in [-0.15, -0.1) is 0 Å². The molecule has 1 fully saturated rings. The highest BCUT2D eigenvalue weighted by molar-refractivity contribution is 5.98. The first-order valence-corrected chi connectivity index (χ1v) is 10.5. The van der Waals surface area contributed by atoms with Crippen LogP contribution in [0.4, 0.5) is 0 Å². The summed E-state index contributed by atoms with van der Waals surface area (Å²) in [4.78, 5) is 31.2. The Labute approximate surface area is 185 Å². The number of hydrogen-bond acceptors (Lipinski definition) is 6. The molecule has 8 heteroatoms. The number of carbonyl (C=O) groups is 2. The van der Waals surface area contributed by atoms with Gasteiger partial charge in [-0.1, -0.05) is 24.3 Å². The topological polar surface area (TPSA) is 105 Å². The molecule has 8 nitrogen and oxygen atoms in total. The Morgan fingerprint density at radius 2 is 1.94 bits per heavy atom. The van der Waals surface area contributed by atoms with Gasteiger partial charge in [-0.05, 0) is 36.8 Å². The molecule has 0 spiro atoms. The average molecular weight is 435 g/mol. The van der Waals surface area contributed by atoms with E-state index >= 15 is 0 Å². The van der Waals surface area contributed by atoms with Crippen LogP contribution >= 0.6 is 0 Å². The zero-order chi connectivity index (χ0) is 22.5. The van der Waals surface area contributed by atoms with Crippen LogP contribution in [0.2, 0.25) is 0 Å². The standard InChI is InChI=1S/C24H25N3O5/c1-2-31-20-9-7-18(8-10-20)24(30)27-14-19(28)11-21(27)23(29)26-12-16-3-5-17(6-4-16)22-13-25-15-32-22/h3-10,13,15,19,21,28H,2,11-12,14H2,1H3,(H,26,29)/t19-,21+/m1/s1. The summed E-state index contributed by atoms with van der Waals surface area (Å²) in [6.07, 6.45) is 2.48. The van der Waals surface area contributed by atoms with E-state index in [4.69, 9.17) is 9.15 Å². The van der Waals surface area contributed by atoms with Gasteiger partial charge < -0.3 is 24.5 Å². The molecular formula is C24H25N3O5. The van der Waals surface area contributed by atoms with Crippen LogP contribution in [0.25, 0.3) is 11.3 Å². The normalized spacial score (nSPS) is 17.9. The predicted molar refractivity (Wildman–Crippen MR) is 117 cm³/mol. The van der Waals surface area contributed by atoms with Gasteiger partial charge in [-0.3, -0.25) is 9.59 Å². The number of carbonyl (C=O) groups excluding carboxylic acids is 2. The van der Waals surface area contributed by atoms with Crippen LogP contribution in [-0.4, -0.2) is 52.1 Å². The number of benzene rings is 2. The summed E-state index contributed by atoms with van der Waals surface area (Å²) < 4.78 is 10.7. The Hall–Kier alpha value is -3.65. The van der Waals surface area contributed by atoms with Gasteiger partial charge in [-0.25, -0.2) is 4.98 Å². The van der Waals surface area contributed by atoms with Gasteiger partial charge in [0.15, 0.2) is 12.2 Å². The fourth-order valence-electron chi connectivity index (χ4n) is 3.77. The first kappa shape index (κ1) is 21.6. The molecule has 32 heavy (non-hydrogen) atoms. The number of nitrogens with one attached hydrogen (secondary N) is 1. The monoisotopic (exact) mass is 435 g/mol. The number of aliphatic hydroxyl groups is 1. The summed E-state index contributed by atoms with van der Waals surface area (Å²) in [6.45, 7) is 2.86. The predicted octanol–water partition coefficient (Wildman–Crippen LogP) is 2.63. The van der Waals surface area contributed by atoms with Gasteiger partial charge >= 0.3 is 0 Å². The second kappa shape index (κ2) is 9.65. The maximum atomic E-state index is 13.0. The molecule has 1 aliphatic rings. The van der Waals surface area contributed by atoms with Crippen molar-refractivity contribution in [3.63, 3.8) is 0 Å². The summed E-state index contributed by atoms with van der Waals surface area (Å²) in [7, 11) is 0. The van der Waals surface area contributed by atoms with Crippen molar-refractivity contribution in [2.75, 3.05) is 13.2 Å². The molecule has 1 saturated heterocycles. The minimum Gasteiger partial charge on any atom is -0.494 e. The van der Waals surface area contributed by atoms with Crippen LogP contribution < -0.4 is 10.1 Å². The number of nitrogens with zero attached hydrogens (tertiary/aromatic N) is 2. The van der Waals surface area contributed by atoms with Crippen LogP contribution in [0.15, 0.2) is 65.5 Å². The van der Waals surface area contributed by atoms with Gasteiger partial charge in [0.1, 0.15) is 11.8 Å². The number of β-amino-alcohol motifs (C(OH)–C–C–N with tert-alkyl or cyclic N) is 1. The highest BCUT2D eigenvalue weighted by atomic mass is 16.5. The molecule has 0 bridgehead atoms. The Morgan fingerprint density at radius 1 is 1.19 bits per heavy atom. The van der Waals surface area contributed by atoms with Crippen LogP contribution in [0.1, 0.15) is 29.3 Å². The number of amides is 2. The van der Waals surface area contributed by atoms with Crippen molar-refractivity contribution >= 4 is 11.8 Å². The van der Waals surface area contributed by atoms with E-state index in [0.717, 1.165) is 11.1 Å². The lowest BCUT2D eigenvalue weighted by molar-refractivity contribution is -0.125. The second-order valence-electron chi connectivity index (χ2n) is 7.60. The van der Waals surface area contributed by atoms with Gasteiger partial charge in [0.25, 0.3) is 5.91 Å². The first-order valence-electron chi connectivity index (χ1n) is 10.5. The molecule has 4 rings (SSSR count). The SMILES string of the molecule is CCOc1ccc(C(=O)N2C[C@H](O)C[C@H]2C(=O)NCc2ccc(-c3cnco3)cc2)cc1. The van der Waals surface area contributed by atoms with E-state index in [0.29, 0.717) is 30.2 Å². The molecule has 1 aliphatic heterocycles. The smallest absolute Gasteiger partial charge is 0.254 e. The molecule has 0 saturated carbocycles. The van der Waals surface area contributed by atoms with E-state index < -0.39 is 12.1 Å². The van der Waals surface area contributed by atoms with Crippen LogP contribution in [0.5, 0.6) is 5.75 Å². The molecule has 2 amide bonds. The molecule has 2 aromatic carbocycles. The zero-order valence-corrected chi connectivity index (χ0v) is 17.7. The lowest BCUT2D eigenvalue weighted by Gasteiger charge is -2.24. The fraction of sp³-hybridized carbons (Fsp3) is 0.292. The number of hydrogen-bond donors (Lipinski definition) is 2. The van der Waals surface area contributed by atoms with E-state index in [9.17, 15) is 14.7 Å². The summed E-state index contributed by atoms with van der Waals surface area (Å²) in [5, 5.41) is 13.0. The maximum absolute atomic E-state index is 13.0. The lowest BCUT2D eigenvalue weighted by Crippen LogP contribution is -2.45. The minimum atomic E-state index is -0.737. The van der Waals surface area contributed by atoms with Crippen LogP contribution in [0.3, 0.4) is 0 Å². The molecule has 166 valence electrons. The number of aliphatic hydroxyl groups excluding tert-OH is 1. The highest BCUT2D eigenvalue weighted by Crippen LogP contribution is 2.23. The van der Waals surface area contributed by atoms with Gasteiger partial charge in [0.2, 0.25) is 5.91 Å². The average Bonchev–Trinajstić information content (AvgIpc) is 3.48. The quantitative estimate of drug-likeness (QED) is 0.591. The third-order valence-electron chi connectivity index (χ3n) is 5.39. The fourth-order valence-corrected chi connectivity index (χ4v) is 3.77. The third-order valence-corrected chi connectivity index (χ3v) is 5.39. The molecule has 1 aromatic heterocycles. The van der Waals surface area contributed by atoms with E-state index in [1.165, 1.54) is 11.3 Å². The maximum Gasteiger partial charge on any atom is 0.254 e. The second-order valence-corrected chi connectivity index (χ2v) is 7.60. The number of rotatable bonds is 7. The number of oxazole rings is 1. The van der Waals surface area contributed by atoms with Crippen LogP contribution in [0, 0.1) is 0 Å². The van der Waals surface area contributed by atoms with Crippen molar-refractivity contribution in [1.29, 1.82) is 0 Å². The molecular weight excluding hydrogens is 410 g/mol. The Morgan fingerprint density at radius 3 is 2.59 bits per heavy atom. The minimum absolute atomic E-state index is 0.121. The Bertz CT molecular complexity index is 1050. The highest BCUT2D eigenvalue weighted by Gasteiger charge is 2.39. The number of aromatic nitrogens is 1. The third kappa shape index (κ3) is 4.81. The Kier molecular flexibility index (Phi) is 6.51. The summed E-state index contributed by atoms with van der Waals surface area (Å²) in [5.41, 5.74) is 2.25. The van der Waals surface area contributed by atoms with E-state index in [1.54, 1.807) is 30.5 Å². The van der Waals surface area contributed by atoms with Crippen molar-refractivity contribution in [3.05, 3.63) is 72.2 Å². The Balaban J connectivity index is 1.38. The first-order chi connectivity index (χ1) is 15.5. The zero-order valence-electron chi connectivity index (χ0n) is 17.7. The summed E-state index contributed by atoms with van der Waals surface area (Å²) in [5.74, 6) is 0.763. The number of ether oxygens (including phenoxy) is 1. The molecule has 0 radical (unpaired) electrons.